The number of carbonyl (C=O) groups is 1. The molecule has 30 heavy (non-hydrogen) atoms. The maximum absolute atomic E-state index is 13.7. The SMILES string of the molecule is CCOC(=O)C1=Cc2cc([Si](C)(C)C)cc(-c3ccc(F)cc3)c2OC1C(F)(F)F. The molecular weight excluding hydrogens is 416 g/mol. The van der Waals surface area contributed by atoms with Crippen LogP contribution in [0.15, 0.2) is 42.0 Å². The summed E-state index contributed by atoms with van der Waals surface area (Å²) in [4.78, 5) is 12.2. The van der Waals surface area contributed by atoms with E-state index in [2.05, 4.69) is 19.6 Å². The third kappa shape index (κ3) is 4.43. The van der Waals surface area contributed by atoms with E-state index in [1.165, 1.54) is 37.3 Å². The summed E-state index contributed by atoms with van der Waals surface area (Å²) in [6.07, 6.45) is -6.06. The van der Waals surface area contributed by atoms with E-state index in [1.54, 1.807) is 12.1 Å². The molecule has 0 N–H and O–H groups in total. The lowest BCUT2D eigenvalue weighted by Gasteiger charge is -2.31. The van der Waals surface area contributed by atoms with Gasteiger partial charge < -0.3 is 9.47 Å². The number of fused-ring (bicyclic) bond motifs is 1. The number of ether oxygens (including phenoxy) is 2. The lowest BCUT2D eigenvalue weighted by atomic mass is 9.95. The lowest BCUT2D eigenvalue weighted by Crippen LogP contribution is -2.42. The molecule has 0 bridgehead atoms. The van der Waals surface area contributed by atoms with Gasteiger partial charge in [-0.1, -0.05) is 49.1 Å². The van der Waals surface area contributed by atoms with E-state index in [4.69, 9.17) is 9.47 Å². The van der Waals surface area contributed by atoms with Crippen LogP contribution in [0.25, 0.3) is 17.2 Å². The maximum atomic E-state index is 13.7. The van der Waals surface area contributed by atoms with Crippen LogP contribution in [0.2, 0.25) is 19.6 Å². The Kier molecular flexibility index (Phi) is 5.82. The monoisotopic (exact) mass is 438 g/mol. The molecule has 0 saturated carbocycles. The van der Waals surface area contributed by atoms with Crippen LogP contribution in [0, 0.1) is 5.82 Å². The van der Waals surface area contributed by atoms with Crippen molar-refractivity contribution >= 4 is 25.3 Å². The molecule has 0 amide bonds. The molecule has 0 radical (unpaired) electrons. The minimum Gasteiger partial charge on any atom is -0.475 e. The zero-order valence-electron chi connectivity index (χ0n) is 17.1. The fourth-order valence-electron chi connectivity index (χ4n) is 3.22. The first kappa shape index (κ1) is 22.1. The highest BCUT2D eigenvalue weighted by Crippen LogP contribution is 2.42. The largest absolute Gasteiger partial charge is 0.475 e. The molecule has 3 rings (SSSR count). The molecule has 2 aromatic carbocycles. The first-order valence-electron chi connectivity index (χ1n) is 9.48. The minimum atomic E-state index is -4.81. The summed E-state index contributed by atoms with van der Waals surface area (Å²) in [5.41, 5.74) is 0.743. The first-order valence-corrected chi connectivity index (χ1v) is 13.0. The Morgan fingerprint density at radius 3 is 2.30 bits per heavy atom. The van der Waals surface area contributed by atoms with Gasteiger partial charge >= 0.3 is 12.1 Å². The van der Waals surface area contributed by atoms with Gasteiger partial charge in [0.2, 0.25) is 6.10 Å². The number of benzene rings is 2. The molecule has 160 valence electrons. The quantitative estimate of drug-likeness (QED) is 0.369. The smallest absolute Gasteiger partial charge is 0.430 e. The van der Waals surface area contributed by atoms with Gasteiger partial charge in [0.05, 0.1) is 20.3 Å². The van der Waals surface area contributed by atoms with Gasteiger partial charge in [0.1, 0.15) is 11.6 Å². The molecule has 3 nitrogen and oxygen atoms in total. The summed E-state index contributed by atoms with van der Waals surface area (Å²) in [6, 6.07) is 9.04. The molecule has 0 spiro atoms. The van der Waals surface area contributed by atoms with Crippen LogP contribution in [0.3, 0.4) is 0 Å². The second-order valence-electron chi connectivity index (χ2n) is 8.06. The van der Waals surface area contributed by atoms with E-state index in [9.17, 15) is 22.4 Å². The molecule has 2 aromatic rings. The molecule has 0 aliphatic carbocycles. The summed E-state index contributed by atoms with van der Waals surface area (Å²) < 4.78 is 64.8. The number of hydrogen-bond donors (Lipinski definition) is 0. The molecule has 1 heterocycles. The van der Waals surface area contributed by atoms with Crippen molar-refractivity contribution in [2.75, 3.05) is 6.61 Å². The van der Waals surface area contributed by atoms with Crippen molar-refractivity contribution in [3.05, 3.63) is 53.4 Å². The van der Waals surface area contributed by atoms with E-state index in [1.807, 2.05) is 0 Å². The average Bonchev–Trinajstić information content (AvgIpc) is 2.65. The van der Waals surface area contributed by atoms with Gasteiger partial charge in [0.25, 0.3) is 0 Å². The first-order chi connectivity index (χ1) is 13.9. The van der Waals surface area contributed by atoms with Crippen LogP contribution < -0.4 is 9.92 Å². The zero-order chi connectivity index (χ0) is 22.3. The normalized spacial score (nSPS) is 16.4. The van der Waals surface area contributed by atoms with Crippen molar-refractivity contribution in [2.24, 2.45) is 0 Å². The second kappa shape index (κ2) is 7.90. The van der Waals surface area contributed by atoms with E-state index in [0.717, 1.165) is 5.19 Å². The Morgan fingerprint density at radius 2 is 1.77 bits per heavy atom. The number of halogens is 4. The molecule has 1 aliphatic heterocycles. The average molecular weight is 438 g/mol. The van der Waals surface area contributed by atoms with Gasteiger partial charge in [-0.15, -0.1) is 0 Å². The van der Waals surface area contributed by atoms with Gasteiger partial charge in [0.15, 0.2) is 0 Å². The Labute approximate surface area is 173 Å². The fourth-order valence-corrected chi connectivity index (χ4v) is 4.38. The standard InChI is InChI=1S/C22H22F4O3Si/c1-5-28-21(27)18-11-14-10-16(30(2,3)4)12-17(13-6-8-15(23)9-7-13)19(14)29-20(18)22(24,25)26/h6-12,20H,5H2,1-4H3. The number of rotatable bonds is 4. The summed E-state index contributed by atoms with van der Waals surface area (Å²) in [7, 11) is -1.88. The van der Waals surface area contributed by atoms with Crippen LogP contribution in [0.1, 0.15) is 12.5 Å². The van der Waals surface area contributed by atoms with Crippen LogP contribution in [-0.2, 0) is 9.53 Å². The molecule has 1 unspecified atom stereocenters. The van der Waals surface area contributed by atoms with Gasteiger partial charge in [-0.3, -0.25) is 0 Å². The highest BCUT2D eigenvalue weighted by molar-refractivity contribution is 6.88. The van der Waals surface area contributed by atoms with Gasteiger partial charge in [-0.2, -0.15) is 13.2 Å². The summed E-state index contributed by atoms with van der Waals surface area (Å²) in [5, 5.41) is 0.967. The van der Waals surface area contributed by atoms with Crippen molar-refractivity contribution in [1.82, 2.24) is 0 Å². The minimum absolute atomic E-state index is 0.0129. The highest BCUT2D eigenvalue weighted by atomic mass is 28.3. The van der Waals surface area contributed by atoms with E-state index in [-0.39, 0.29) is 12.4 Å². The lowest BCUT2D eigenvalue weighted by molar-refractivity contribution is -0.187. The van der Waals surface area contributed by atoms with Crippen molar-refractivity contribution in [2.45, 2.75) is 38.8 Å². The molecule has 1 atom stereocenters. The van der Waals surface area contributed by atoms with Crippen molar-refractivity contribution < 1.29 is 31.8 Å². The maximum Gasteiger partial charge on any atom is 0.430 e. The molecule has 8 heteroatoms. The van der Waals surface area contributed by atoms with Crippen molar-refractivity contribution in [3.8, 4) is 16.9 Å². The van der Waals surface area contributed by atoms with Gasteiger partial charge in [0, 0.05) is 11.1 Å². The third-order valence-corrected chi connectivity index (χ3v) is 6.80. The third-order valence-electron chi connectivity index (χ3n) is 4.78. The number of carbonyl (C=O) groups excluding carboxylic acids is 1. The number of alkyl halides is 3. The topological polar surface area (TPSA) is 35.5 Å². The Hall–Kier alpha value is -2.61. The van der Waals surface area contributed by atoms with Crippen LogP contribution in [0.5, 0.6) is 5.75 Å². The van der Waals surface area contributed by atoms with Crippen LogP contribution >= 0.6 is 0 Å². The van der Waals surface area contributed by atoms with Crippen LogP contribution in [-0.4, -0.2) is 32.9 Å². The summed E-state index contributed by atoms with van der Waals surface area (Å²) in [5.74, 6) is -1.50. The van der Waals surface area contributed by atoms with Crippen molar-refractivity contribution in [1.29, 1.82) is 0 Å². The van der Waals surface area contributed by atoms with Gasteiger partial charge in [-0.25, -0.2) is 9.18 Å². The van der Waals surface area contributed by atoms with E-state index in [0.29, 0.717) is 16.7 Å². The summed E-state index contributed by atoms with van der Waals surface area (Å²) in [6.45, 7) is 7.77. The molecule has 1 aliphatic rings. The molecule has 0 fully saturated rings. The highest BCUT2D eigenvalue weighted by Gasteiger charge is 2.49. The predicted octanol–water partition coefficient (Wildman–Crippen LogP) is 5.31. The molecule has 0 aromatic heterocycles. The van der Waals surface area contributed by atoms with Crippen LogP contribution in [0.4, 0.5) is 17.6 Å². The fraction of sp³-hybridized carbons (Fsp3) is 0.318. The number of hydrogen-bond acceptors (Lipinski definition) is 3. The number of esters is 1. The Balaban J connectivity index is 2.27. The predicted molar refractivity (Wildman–Crippen MR) is 110 cm³/mol. The zero-order valence-corrected chi connectivity index (χ0v) is 18.1. The van der Waals surface area contributed by atoms with E-state index < -0.39 is 37.7 Å². The summed E-state index contributed by atoms with van der Waals surface area (Å²) >= 11 is 0. The van der Waals surface area contributed by atoms with E-state index >= 15 is 0 Å². The molecular formula is C22H22F4O3Si. The molecule has 0 saturated heterocycles. The van der Waals surface area contributed by atoms with Crippen molar-refractivity contribution in [3.63, 3.8) is 0 Å². The Morgan fingerprint density at radius 1 is 1.13 bits per heavy atom. The van der Waals surface area contributed by atoms with Gasteiger partial charge in [-0.05, 0) is 30.7 Å². The Bertz CT molecular complexity index is 989. The second-order valence-corrected chi connectivity index (χ2v) is 13.1.